The van der Waals surface area contributed by atoms with E-state index >= 15 is 0 Å². The van der Waals surface area contributed by atoms with Crippen LogP contribution < -0.4 is 35.3 Å². The van der Waals surface area contributed by atoms with E-state index in [0.29, 0.717) is 5.69 Å². The van der Waals surface area contributed by atoms with E-state index in [0.717, 1.165) is 0 Å². The van der Waals surface area contributed by atoms with Crippen molar-refractivity contribution in [2.75, 3.05) is 18.1 Å². The average molecular weight is 303 g/mol. The van der Waals surface area contributed by atoms with Crippen molar-refractivity contribution in [3.63, 3.8) is 0 Å². The molecule has 0 fully saturated rings. The molecule has 1 aromatic carbocycles. The molecule has 0 aromatic heterocycles. The van der Waals surface area contributed by atoms with E-state index < -0.39 is 32.6 Å². The van der Waals surface area contributed by atoms with Gasteiger partial charge in [-0.25, -0.2) is 16.8 Å². The molecule has 7 nitrogen and oxygen atoms in total. The fourth-order valence-corrected chi connectivity index (χ4v) is 2.52. The van der Waals surface area contributed by atoms with Crippen LogP contribution in [0.5, 0.6) is 0 Å². The third-order valence-corrected chi connectivity index (χ3v) is 3.97. The molecule has 0 atom stereocenters. The van der Waals surface area contributed by atoms with Gasteiger partial charge in [-0.1, -0.05) is 0 Å². The number of sulfone groups is 1. The van der Waals surface area contributed by atoms with Gasteiger partial charge in [0.2, 0.25) is 10.4 Å². The molecule has 0 bridgehead atoms. The second kappa shape index (κ2) is 6.85. The molecule has 10 heteroatoms. The summed E-state index contributed by atoms with van der Waals surface area (Å²) in [6, 6.07) is 5.38. The van der Waals surface area contributed by atoms with Crippen molar-refractivity contribution in [1.82, 2.24) is 0 Å². The van der Waals surface area contributed by atoms with E-state index in [4.69, 9.17) is 5.73 Å². The smallest absolute Gasteiger partial charge is 0.726 e. The Bertz CT molecular complexity index is 581. The number of nitrogen functional groups attached to an aromatic ring is 1. The van der Waals surface area contributed by atoms with E-state index in [-0.39, 0.29) is 34.5 Å². The van der Waals surface area contributed by atoms with Crippen molar-refractivity contribution >= 4 is 25.9 Å². The zero-order valence-electron chi connectivity index (χ0n) is 9.57. The molecule has 0 aliphatic heterocycles. The van der Waals surface area contributed by atoms with Crippen LogP contribution in [0.25, 0.3) is 0 Å². The minimum atomic E-state index is -4.87. The van der Waals surface area contributed by atoms with Gasteiger partial charge in [0.05, 0.1) is 17.3 Å². The molecule has 0 spiro atoms. The first-order chi connectivity index (χ1) is 7.71. The molecule has 0 radical (unpaired) electrons. The Morgan fingerprint density at radius 1 is 1.11 bits per heavy atom. The first kappa shape index (κ1) is 17.8. The number of hydrogen-bond acceptors (Lipinski definition) is 7. The van der Waals surface area contributed by atoms with Crippen molar-refractivity contribution in [3.8, 4) is 0 Å². The third kappa shape index (κ3) is 6.14. The van der Waals surface area contributed by atoms with E-state index in [1.54, 1.807) is 0 Å². The second-order valence-corrected chi connectivity index (χ2v) is 6.28. The van der Waals surface area contributed by atoms with Crippen LogP contribution in [0, 0.1) is 0 Å². The van der Waals surface area contributed by atoms with Gasteiger partial charge in [0, 0.05) is 5.69 Å². The largest absolute Gasteiger partial charge is 1.00 e. The molecule has 18 heavy (non-hydrogen) atoms. The maximum atomic E-state index is 11.6. The first-order valence-electron chi connectivity index (χ1n) is 4.39. The van der Waals surface area contributed by atoms with Crippen LogP contribution in [0.1, 0.15) is 0 Å². The van der Waals surface area contributed by atoms with Gasteiger partial charge < -0.3 is 10.3 Å². The molecule has 0 saturated heterocycles. The van der Waals surface area contributed by atoms with Crippen LogP contribution in [-0.2, 0) is 24.4 Å². The molecule has 0 unspecified atom stereocenters. The fraction of sp³-hybridized carbons (Fsp3) is 0.250. The number of nitrogens with two attached hydrogens (primary N) is 1. The number of rotatable bonds is 5. The van der Waals surface area contributed by atoms with Gasteiger partial charge in [-0.05, 0) is 24.3 Å². The summed E-state index contributed by atoms with van der Waals surface area (Å²) in [6.07, 6.45) is 0. The Balaban J connectivity index is 0.00000289. The van der Waals surface area contributed by atoms with E-state index in [1.807, 2.05) is 0 Å². The van der Waals surface area contributed by atoms with Crippen molar-refractivity contribution in [2.45, 2.75) is 4.90 Å². The Labute approximate surface area is 127 Å². The first-order valence-corrected chi connectivity index (χ1v) is 7.38. The van der Waals surface area contributed by atoms with Crippen LogP contribution in [0.15, 0.2) is 29.2 Å². The van der Waals surface area contributed by atoms with Crippen LogP contribution >= 0.6 is 0 Å². The van der Waals surface area contributed by atoms with Crippen LogP contribution in [0.2, 0.25) is 0 Å². The van der Waals surface area contributed by atoms with Gasteiger partial charge in [-0.15, -0.1) is 0 Å². The quantitative estimate of drug-likeness (QED) is 0.259. The monoisotopic (exact) mass is 303 g/mol. The van der Waals surface area contributed by atoms with Crippen LogP contribution in [0.4, 0.5) is 5.69 Å². The van der Waals surface area contributed by atoms with Crippen molar-refractivity contribution in [3.05, 3.63) is 24.3 Å². The Kier molecular flexibility index (Phi) is 6.79. The van der Waals surface area contributed by atoms with Gasteiger partial charge in [-0.2, -0.15) is 0 Å². The summed E-state index contributed by atoms with van der Waals surface area (Å²) < 4.78 is 57.4. The van der Waals surface area contributed by atoms with Gasteiger partial charge in [0.1, 0.15) is 0 Å². The molecule has 0 aliphatic rings. The minimum Gasteiger partial charge on any atom is -0.726 e. The van der Waals surface area contributed by atoms with E-state index in [1.165, 1.54) is 24.3 Å². The molecule has 1 rings (SSSR count). The molecule has 0 aliphatic carbocycles. The fourth-order valence-electron chi connectivity index (χ4n) is 1.04. The predicted octanol–water partition coefficient (Wildman–Crippen LogP) is -3.48. The zero-order valence-corrected chi connectivity index (χ0v) is 13.2. The minimum absolute atomic E-state index is 0. The summed E-state index contributed by atoms with van der Waals surface area (Å²) in [5.74, 6) is -0.599. The number of anilines is 1. The maximum absolute atomic E-state index is 11.6. The summed E-state index contributed by atoms with van der Waals surface area (Å²) in [5.41, 5.74) is 5.79. The zero-order chi connectivity index (χ0) is 13.1. The molecule has 0 saturated carbocycles. The van der Waals surface area contributed by atoms with Gasteiger partial charge in [0.25, 0.3) is 0 Å². The predicted molar refractivity (Wildman–Crippen MR) is 58.6 cm³/mol. The summed E-state index contributed by atoms with van der Waals surface area (Å²) >= 11 is 0. The van der Waals surface area contributed by atoms with Crippen molar-refractivity contribution < 1.29 is 55.1 Å². The van der Waals surface area contributed by atoms with E-state index in [2.05, 4.69) is 4.18 Å². The van der Waals surface area contributed by atoms with E-state index in [9.17, 15) is 21.4 Å². The molecular weight excluding hydrogens is 293 g/mol. The second-order valence-electron chi connectivity index (χ2n) is 3.12. The van der Waals surface area contributed by atoms with Gasteiger partial charge in [0.15, 0.2) is 9.84 Å². The SMILES string of the molecule is Nc1ccc(S(=O)(=O)CCOS(=O)(=O)[O-])cc1.[Na+]. The Morgan fingerprint density at radius 2 is 1.61 bits per heavy atom. The number of benzene rings is 1. The van der Waals surface area contributed by atoms with Crippen molar-refractivity contribution in [2.24, 2.45) is 0 Å². The average Bonchev–Trinajstić information content (AvgIpc) is 2.15. The third-order valence-electron chi connectivity index (χ3n) is 1.82. The Hall–Kier alpha value is -0.160. The summed E-state index contributed by atoms with van der Waals surface area (Å²) in [7, 11) is -8.55. The Morgan fingerprint density at radius 3 is 2.06 bits per heavy atom. The summed E-state index contributed by atoms with van der Waals surface area (Å²) in [4.78, 5) is -0.0152. The van der Waals surface area contributed by atoms with Gasteiger partial charge in [-0.3, -0.25) is 4.18 Å². The van der Waals surface area contributed by atoms with Crippen molar-refractivity contribution in [1.29, 1.82) is 0 Å². The summed E-state index contributed by atoms with van der Waals surface area (Å²) in [5, 5.41) is 0. The molecule has 2 N–H and O–H groups in total. The van der Waals surface area contributed by atoms with Crippen LogP contribution in [-0.4, -0.2) is 33.7 Å². The molecule has 0 amide bonds. The van der Waals surface area contributed by atoms with Gasteiger partial charge >= 0.3 is 29.6 Å². The number of hydrogen-bond donors (Lipinski definition) is 1. The molecular formula is C8H10NNaO6S2. The van der Waals surface area contributed by atoms with Crippen LogP contribution in [0.3, 0.4) is 0 Å². The maximum Gasteiger partial charge on any atom is 1.00 e. The molecule has 96 valence electrons. The molecule has 0 heterocycles. The summed E-state index contributed by atoms with van der Waals surface area (Å²) in [6.45, 7) is -0.710. The standard InChI is InChI=1S/C8H11NO6S2.Na/c9-7-1-3-8(4-2-7)16(10,11)6-5-15-17(12,13)14;/h1-4H,5-6,9H2,(H,12,13,14);/q;+1/p-1. The topological polar surface area (TPSA) is 127 Å². The normalized spacial score (nSPS) is 11.8. The molecule has 1 aromatic rings.